The molecule has 1 N–H and O–H groups in total. The van der Waals surface area contributed by atoms with Gasteiger partial charge in [0.2, 0.25) is 0 Å². The van der Waals surface area contributed by atoms with Crippen molar-refractivity contribution < 1.29 is 9.53 Å². The largest absolute Gasteiger partial charge is 0.364 e. The smallest absolute Gasteiger partial charge is 0.250 e. The Morgan fingerprint density at radius 1 is 1.47 bits per heavy atom. The minimum atomic E-state index is -0.333. The topological polar surface area (TPSA) is 41.6 Å². The van der Waals surface area contributed by atoms with E-state index in [0.29, 0.717) is 6.04 Å². The van der Waals surface area contributed by atoms with Crippen LogP contribution in [0.5, 0.6) is 0 Å². The van der Waals surface area contributed by atoms with Crippen molar-refractivity contribution in [3.63, 3.8) is 0 Å². The molecule has 1 heterocycles. The quantitative estimate of drug-likeness (QED) is 0.749. The number of nitrogens with zero attached hydrogens (tertiary/aromatic N) is 1. The van der Waals surface area contributed by atoms with Crippen LogP contribution < -0.4 is 5.32 Å². The van der Waals surface area contributed by atoms with Gasteiger partial charge in [-0.1, -0.05) is 0 Å². The monoisotopic (exact) mass is 214 g/mol. The number of piperidine rings is 1. The van der Waals surface area contributed by atoms with Crippen LogP contribution in [-0.4, -0.2) is 49.7 Å². The van der Waals surface area contributed by atoms with E-state index in [0.717, 1.165) is 19.4 Å². The number of carbonyl (C=O) groups excluding carboxylic acids is 1. The number of carbonyl (C=O) groups is 1. The van der Waals surface area contributed by atoms with Gasteiger partial charge in [0, 0.05) is 26.7 Å². The molecule has 1 amide bonds. The third-order valence-electron chi connectivity index (χ3n) is 2.80. The lowest BCUT2D eigenvalue weighted by Gasteiger charge is -2.30. The summed E-state index contributed by atoms with van der Waals surface area (Å²) in [6, 6.07) is 0.574. The van der Waals surface area contributed by atoms with Crippen molar-refractivity contribution in [2.75, 3.05) is 20.6 Å². The van der Waals surface area contributed by atoms with Gasteiger partial charge in [-0.05, 0) is 26.7 Å². The maximum Gasteiger partial charge on any atom is 0.250 e. The first-order valence-corrected chi connectivity index (χ1v) is 5.60. The fourth-order valence-corrected chi connectivity index (χ4v) is 1.80. The fraction of sp³-hybridized carbons (Fsp3) is 0.909. The molecule has 88 valence electrons. The molecule has 0 saturated carbocycles. The summed E-state index contributed by atoms with van der Waals surface area (Å²) in [6.07, 6.45) is 2.01. The minimum Gasteiger partial charge on any atom is -0.364 e. The van der Waals surface area contributed by atoms with Gasteiger partial charge in [0.1, 0.15) is 6.10 Å². The first-order valence-electron chi connectivity index (χ1n) is 5.60. The van der Waals surface area contributed by atoms with Crippen molar-refractivity contribution in [2.24, 2.45) is 0 Å². The van der Waals surface area contributed by atoms with Crippen LogP contribution >= 0.6 is 0 Å². The van der Waals surface area contributed by atoms with E-state index in [1.54, 1.807) is 19.0 Å². The number of ether oxygens (including phenoxy) is 1. The summed E-state index contributed by atoms with van der Waals surface area (Å²) in [5.41, 5.74) is 0. The van der Waals surface area contributed by atoms with Gasteiger partial charge >= 0.3 is 0 Å². The first kappa shape index (κ1) is 12.5. The molecule has 15 heavy (non-hydrogen) atoms. The van der Waals surface area contributed by atoms with Gasteiger partial charge in [0.15, 0.2) is 0 Å². The lowest BCUT2D eigenvalue weighted by atomic mass is 10.0. The van der Waals surface area contributed by atoms with E-state index in [2.05, 4.69) is 12.2 Å². The normalized spacial score (nSPS) is 28.5. The van der Waals surface area contributed by atoms with Crippen LogP contribution in [0, 0.1) is 0 Å². The molecule has 4 nitrogen and oxygen atoms in total. The third kappa shape index (κ3) is 3.80. The van der Waals surface area contributed by atoms with Gasteiger partial charge in [0.25, 0.3) is 5.91 Å². The Bertz CT molecular complexity index is 211. The predicted molar refractivity (Wildman–Crippen MR) is 59.7 cm³/mol. The molecular weight excluding hydrogens is 192 g/mol. The van der Waals surface area contributed by atoms with Crippen LogP contribution in [0.15, 0.2) is 0 Å². The molecule has 0 bridgehead atoms. The molecule has 1 aliphatic rings. The summed E-state index contributed by atoms with van der Waals surface area (Å²) in [4.78, 5) is 13.1. The van der Waals surface area contributed by atoms with Gasteiger partial charge in [-0.3, -0.25) is 4.79 Å². The molecule has 1 saturated heterocycles. The standard InChI is InChI=1S/C11H22N2O2/c1-8-5-6-10(7-12-8)15-9(2)11(14)13(3)4/h8-10,12H,5-7H2,1-4H3. The molecule has 1 fully saturated rings. The molecule has 1 aliphatic heterocycles. The van der Waals surface area contributed by atoms with Crippen LogP contribution in [0.4, 0.5) is 0 Å². The number of hydrogen-bond donors (Lipinski definition) is 1. The second kappa shape index (κ2) is 5.47. The van der Waals surface area contributed by atoms with E-state index in [4.69, 9.17) is 4.74 Å². The molecule has 4 heteroatoms. The molecule has 3 unspecified atom stereocenters. The van der Waals surface area contributed by atoms with Crippen molar-refractivity contribution in [3.8, 4) is 0 Å². The number of likely N-dealkylation sites (N-methyl/N-ethyl adjacent to an activating group) is 1. The summed E-state index contributed by atoms with van der Waals surface area (Å²) >= 11 is 0. The molecule has 0 spiro atoms. The van der Waals surface area contributed by atoms with E-state index in [1.807, 2.05) is 6.92 Å². The molecule has 0 aromatic rings. The average molecular weight is 214 g/mol. The van der Waals surface area contributed by atoms with Crippen LogP contribution in [0.1, 0.15) is 26.7 Å². The zero-order chi connectivity index (χ0) is 11.4. The zero-order valence-electron chi connectivity index (χ0n) is 10.1. The number of rotatable bonds is 3. The molecule has 0 aliphatic carbocycles. The summed E-state index contributed by atoms with van der Waals surface area (Å²) in [6.45, 7) is 4.84. The zero-order valence-corrected chi connectivity index (χ0v) is 10.1. The van der Waals surface area contributed by atoms with Crippen LogP contribution in [0.25, 0.3) is 0 Å². The first-order chi connectivity index (χ1) is 7.00. The van der Waals surface area contributed by atoms with Gasteiger partial charge in [-0.15, -0.1) is 0 Å². The molecule has 3 atom stereocenters. The Balaban J connectivity index is 2.32. The molecular formula is C11H22N2O2. The molecule has 1 rings (SSSR count). The van der Waals surface area contributed by atoms with E-state index >= 15 is 0 Å². The lowest BCUT2D eigenvalue weighted by molar-refractivity contribution is -0.144. The SMILES string of the molecule is CC1CCC(OC(C)C(=O)N(C)C)CN1. The van der Waals surface area contributed by atoms with Crippen LogP contribution in [0.3, 0.4) is 0 Å². The van der Waals surface area contributed by atoms with E-state index in [-0.39, 0.29) is 18.1 Å². The number of hydrogen-bond acceptors (Lipinski definition) is 3. The Morgan fingerprint density at radius 3 is 2.60 bits per heavy atom. The van der Waals surface area contributed by atoms with Crippen molar-refractivity contribution in [2.45, 2.75) is 44.9 Å². The summed E-state index contributed by atoms with van der Waals surface area (Å²) in [5, 5.41) is 3.36. The highest BCUT2D eigenvalue weighted by Gasteiger charge is 2.23. The summed E-state index contributed by atoms with van der Waals surface area (Å²) < 4.78 is 5.71. The van der Waals surface area contributed by atoms with E-state index < -0.39 is 0 Å². The average Bonchev–Trinajstić information content (AvgIpc) is 2.20. The second-order valence-electron chi connectivity index (χ2n) is 4.52. The second-order valence-corrected chi connectivity index (χ2v) is 4.52. The van der Waals surface area contributed by atoms with E-state index in [1.165, 1.54) is 0 Å². The molecule has 0 aromatic carbocycles. The minimum absolute atomic E-state index is 0.0358. The highest BCUT2D eigenvalue weighted by atomic mass is 16.5. The fourth-order valence-electron chi connectivity index (χ4n) is 1.80. The summed E-state index contributed by atoms with van der Waals surface area (Å²) in [5.74, 6) is 0.0358. The van der Waals surface area contributed by atoms with Crippen molar-refractivity contribution in [3.05, 3.63) is 0 Å². The predicted octanol–water partition coefficient (Wildman–Crippen LogP) is 0.620. The lowest BCUT2D eigenvalue weighted by Crippen LogP contribution is -2.44. The van der Waals surface area contributed by atoms with Gasteiger partial charge in [0.05, 0.1) is 6.10 Å². The molecule has 0 radical (unpaired) electrons. The maximum atomic E-state index is 11.6. The maximum absolute atomic E-state index is 11.6. The van der Waals surface area contributed by atoms with Crippen molar-refractivity contribution >= 4 is 5.91 Å². The Hall–Kier alpha value is -0.610. The highest BCUT2D eigenvalue weighted by Crippen LogP contribution is 2.13. The van der Waals surface area contributed by atoms with Crippen LogP contribution in [-0.2, 0) is 9.53 Å². The number of nitrogens with one attached hydrogen (secondary N) is 1. The van der Waals surface area contributed by atoms with Gasteiger partial charge in [-0.2, -0.15) is 0 Å². The van der Waals surface area contributed by atoms with E-state index in [9.17, 15) is 4.79 Å². The summed E-state index contributed by atoms with van der Waals surface area (Å²) in [7, 11) is 3.51. The Labute approximate surface area is 92.0 Å². The Morgan fingerprint density at radius 2 is 2.13 bits per heavy atom. The van der Waals surface area contributed by atoms with Crippen LogP contribution in [0.2, 0.25) is 0 Å². The van der Waals surface area contributed by atoms with Gasteiger partial charge < -0.3 is 15.0 Å². The van der Waals surface area contributed by atoms with Gasteiger partial charge in [-0.25, -0.2) is 0 Å². The molecule has 0 aromatic heterocycles. The van der Waals surface area contributed by atoms with Crippen molar-refractivity contribution in [1.82, 2.24) is 10.2 Å². The Kier molecular flexibility index (Phi) is 4.54. The highest BCUT2D eigenvalue weighted by molar-refractivity contribution is 5.79. The van der Waals surface area contributed by atoms with Crippen molar-refractivity contribution in [1.29, 1.82) is 0 Å². The third-order valence-corrected chi connectivity index (χ3v) is 2.80. The number of amides is 1.